The molecule has 1 aliphatic carbocycles. The van der Waals surface area contributed by atoms with Crippen molar-refractivity contribution >= 4 is 11.0 Å². The molecule has 2 heteroatoms. The van der Waals surface area contributed by atoms with E-state index in [1.165, 1.54) is 5.56 Å². The number of aliphatic hydroxyl groups is 1. The van der Waals surface area contributed by atoms with E-state index >= 15 is 0 Å². The third-order valence-corrected chi connectivity index (χ3v) is 3.22. The van der Waals surface area contributed by atoms with Crippen LogP contribution in [0.15, 0.2) is 34.9 Å². The van der Waals surface area contributed by atoms with Gasteiger partial charge in [0.05, 0.1) is 12.9 Å². The maximum absolute atomic E-state index is 9.31. The molecule has 0 unspecified atom stereocenters. The van der Waals surface area contributed by atoms with Gasteiger partial charge < -0.3 is 9.52 Å². The summed E-state index contributed by atoms with van der Waals surface area (Å²) in [5, 5.41) is 10.4. The van der Waals surface area contributed by atoms with Gasteiger partial charge in [0, 0.05) is 10.8 Å². The van der Waals surface area contributed by atoms with Gasteiger partial charge in [0.2, 0.25) is 0 Å². The lowest BCUT2D eigenvalue weighted by atomic mass is 9.96. The number of aliphatic hydroxyl groups excluding tert-OH is 1. The molecule has 1 aliphatic rings. The number of hydrogen-bond donors (Lipinski definition) is 1. The van der Waals surface area contributed by atoms with E-state index in [0.29, 0.717) is 0 Å². The predicted octanol–water partition coefficient (Wildman–Crippen LogP) is 2.46. The maximum atomic E-state index is 9.31. The van der Waals surface area contributed by atoms with E-state index in [1.807, 2.05) is 12.1 Å². The second kappa shape index (κ2) is 2.61. The minimum absolute atomic E-state index is 0.0610. The maximum Gasteiger partial charge on any atom is 0.133 e. The van der Waals surface area contributed by atoms with Gasteiger partial charge in [-0.1, -0.05) is 6.07 Å². The average molecular weight is 188 g/mol. The SMILES string of the molecule is OCC1(c2ccc3occc3c2)CC1. The van der Waals surface area contributed by atoms with Gasteiger partial charge in [-0.3, -0.25) is 0 Å². The van der Waals surface area contributed by atoms with Crippen molar-refractivity contribution in [3.05, 3.63) is 36.1 Å². The van der Waals surface area contributed by atoms with Crippen molar-refractivity contribution in [1.29, 1.82) is 0 Å². The molecule has 1 heterocycles. The minimum atomic E-state index is 0.0610. The molecule has 0 bridgehead atoms. The Morgan fingerprint density at radius 2 is 2.14 bits per heavy atom. The van der Waals surface area contributed by atoms with Crippen LogP contribution in [0.4, 0.5) is 0 Å². The van der Waals surface area contributed by atoms with Crippen molar-refractivity contribution in [2.75, 3.05) is 6.61 Å². The summed E-state index contributed by atoms with van der Waals surface area (Å²) >= 11 is 0. The largest absolute Gasteiger partial charge is 0.464 e. The molecule has 0 aliphatic heterocycles. The molecule has 2 nitrogen and oxygen atoms in total. The first-order valence-corrected chi connectivity index (χ1v) is 4.93. The second-order valence-corrected chi connectivity index (χ2v) is 4.11. The van der Waals surface area contributed by atoms with Crippen LogP contribution in [0.5, 0.6) is 0 Å². The molecule has 2 aromatic rings. The minimum Gasteiger partial charge on any atom is -0.464 e. The Hall–Kier alpha value is -1.28. The number of rotatable bonds is 2. The molecule has 0 saturated heterocycles. The Labute approximate surface area is 82.2 Å². The molecule has 14 heavy (non-hydrogen) atoms. The first kappa shape index (κ1) is 8.06. The molecule has 3 rings (SSSR count). The number of furan rings is 1. The lowest BCUT2D eigenvalue weighted by molar-refractivity contribution is 0.255. The lowest BCUT2D eigenvalue weighted by Gasteiger charge is -2.11. The van der Waals surface area contributed by atoms with Crippen LogP contribution in [-0.4, -0.2) is 11.7 Å². The Bertz CT molecular complexity index is 466. The third-order valence-electron chi connectivity index (χ3n) is 3.22. The van der Waals surface area contributed by atoms with Crippen LogP contribution in [-0.2, 0) is 5.41 Å². The van der Waals surface area contributed by atoms with Crippen LogP contribution < -0.4 is 0 Å². The van der Waals surface area contributed by atoms with Crippen LogP contribution in [0.2, 0.25) is 0 Å². The molecule has 0 amide bonds. The van der Waals surface area contributed by atoms with Crippen molar-refractivity contribution < 1.29 is 9.52 Å². The second-order valence-electron chi connectivity index (χ2n) is 4.11. The smallest absolute Gasteiger partial charge is 0.133 e. The van der Waals surface area contributed by atoms with Gasteiger partial charge in [-0.15, -0.1) is 0 Å². The van der Waals surface area contributed by atoms with Gasteiger partial charge >= 0.3 is 0 Å². The molecule has 72 valence electrons. The van der Waals surface area contributed by atoms with Gasteiger partial charge in [-0.05, 0) is 36.6 Å². The molecular formula is C12H12O2. The molecule has 0 atom stereocenters. The summed E-state index contributed by atoms with van der Waals surface area (Å²) in [5.41, 5.74) is 2.22. The van der Waals surface area contributed by atoms with E-state index < -0.39 is 0 Å². The lowest BCUT2D eigenvalue weighted by Crippen LogP contribution is -2.11. The standard InChI is InChI=1S/C12H12O2/c13-8-12(4-5-12)10-1-2-11-9(7-10)3-6-14-11/h1-3,6-7,13H,4-5,8H2. The fourth-order valence-corrected chi connectivity index (χ4v) is 1.99. The molecule has 1 fully saturated rings. The summed E-state index contributed by atoms with van der Waals surface area (Å²) in [6.07, 6.45) is 3.91. The quantitative estimate of drug-likeness (QED) is 0.785. The highest BCUT2D eigenvalue weighted by Crippen LogP contribution is 2.48. The molecular weight excluding hydrogens is 176 g/mol. The van der Waals surface area contributed by atoms with Gasteiger partial charge in [-0.2, -0.15) is 0 Å². The highest BCUT2D eigenvalue weighted by molar-refractivity contribution is 5.78. The van der Waals surface area contributed by atoms with Crippen molar-refractivity contribution in [2.45, 2.75) is 18.3 Å². The zero-order valence-electron chi connectivity index (χ0n) is 7.86. The van der Waals surface area contributed by atoms with Crippen molar-refractivity contribution in [3.63, 3.8) is 0 Å². The van der Waals surface area contributed by atoms with Crippen LogP contribution >= 0.6 is 0 Å². The van der Waals surface area contributed by atoms with E-state index in [2.05, 4.69) is 12.1 Å². The predicted molar refractivity (Wildman–Crippen MR) is 54.2 cm³/mol. The summed E-state index contributed by atoms with van der Waals surface area (Å²) in [6.45, 7) is 0.260. The topological polar surface area (TPSA) is 33.4 Å². The summed E-state index contributed by atoms with van der Waals surface area (Å²) in [7, 11) is 0. The highest BCUT2D eigenvalue weighted by Gasteiger charge is 2.43. The summed E-state index contributed by atoms with van der Waals surface area (Å²) in [4.78, 5) is 0. The Kier molecular flexibility index (Phi) is 1.50. The zero-order chi connectivity index (χ0) is 9.60. The first-order valence-electron chi connectivity index (χ1n) is 4.93. The van der Waals surface area contributed by atoms with Crippen molar-refractivity contribution in [3.8, 4) is 0 Å². The first-order chi connectivity index (χ1) is 6.84. The molecule has 1 aromatic carbocycles. The molecule has 0 spiro atoms. The molecule has 1 N–H and O–H groups in total. The van der Waals surface area contributed by atoms with Crippen LogP contribution in [0.3, 0.4) is 0 Å². The Balaban J connectivity index is 2.13. The van der Waals surface area contributed by atoms with Crippen molar-refractivity contribution in [1.82, 2.24) is 0 Å². The normalized spacial score (nSPS) is 18.6. The van der Waals surface area contributed by atoms with E-state index in [1.54, 1.807) is 6.26 Å². The van der Waals surface area contributed by atoms with Gasteiger partial charge in [0.15, 0.2) is 0 Å². The van der Waals surface area contributed by atoms with Crippen LogP contribution in [0, 0.1) is 0 Å². The summed E-state index contributed by atoms with van der Waals surface area (Å²) < 4.78 is 5.28. The Morgan fingerprint density at radius 1 is 1.29 bits per heavy atom. The average Bonchev–Trinajstić information content (AvgIpc) is 2.89. The highest BCUT2D eigenvalue weighted by atomic mass is 16.3. The van der Waals surface area contributed by atoms with Crippen LogP contribution in [0.25, 0.3) is 11.0 Å². The van der Waals surface area contributed by atoms with E-state index in [9.17, 15) is 5.11 Å². The fraction of sp³-hybridized carbons (Fsp3) is 0.333. The van der Waals surface area contributed by atoms with Crippen molar-refractivity contribution in [2.24, 2.45) is 0 Å². The molecule has 1 aromatic heterocycles. The number of fused-ring (bicyclic) bond motifs is 1. The van der Waals surface area contributed by atoms with E-state index in [4.69, 9.17) is 4.42 Å². The zero-order valence-corrected chi connectivity index (χ0v) is 7.86. The molecule has 1 saturated carbocycles. The Morgan fingerprint density at radius 3 is 2.86 bits per heavy atom. The monoisotopic (exact) mass is 188 g/mol. The van der Waals surface area contributed by atoms with Crippen LogP contribution in [0.1, 0.15) is 18.4 Å². The van der Waals surface area contributed by atoms with E-state index in [-0.39, 0.29) is 12.0 Å². The molecule has 0 radical (unpaired) electrons. The van der Waals surface area contributed by atoms with Gasteiger partial charge in [-0.25, -0.2) is 0 Å². The summed E-state index contributed by atoms with van der Waals surface area (Å²) in [6, 6.07) is 8.14. The third kappa shape index (κ3) is 1.01. The number of hydrogen-bond acceptors (Lipinski definition) is 2. The number of benzene rings is 1. The fourth-order valence-electron chi connectivity index (χ4n) is 1.99. The summed E-state index contributed by atoms with van der Waals surface area (Å²) in [5.74, 6) is 0. The van der Waals surface area contributed by atoms with E-state index in [0.717, 1.165) is 23.8 Å². The van der Waals surface area contributed by atoms with Gasteiger partial charge in [0.1, 0.15) is 5.58 Å². The van der Waals surface area contributed by atoms with Gasteiger partial charge in [0.25, 0.3) is 0 Å².